The van der Waals surface area contributed by atoms with E-state index in [-0.39, 0.29) is 5.91 Å². The van der Waals surface area contributed by atoms with Crippen molar-refractivity contribution in [2.45, 2.75) is 38.6 Å². The smallest absolute Gasteiger partial charge is 0.251 e. The Hall–Kier alpha value is -2.29. The van der Waals surface area contributed by atoms with Crippen LogP contribution in [0, 0.1) is 0 Å². The quantitative estimate of drug-likeness (QED) is 0.882. The molecule has 0 aliphatic heterocycles. The molecule has 2 aromatic carbocycles. The fourth-order valence-electron chi connectivity index (χ4n) is 2.25. The number of hydrogen-bond donors (Lipinski definition) is 1. The monoisotopic (exact) mass is 295 g/mol. The van der Waals surface area contributed by atoms with E-state index in [1.165, 1.54) is 5.56 Å². The van der Waals surface area contributed by atoms with E-state index in [1.54, 1.807) is 6.07 Å². The second-order valence-electron chi connectivity index (χ2n) is 6.10. The number of hydrogen-bond acceptors (Lipinski definition) is 2. The number of ether oxygens (including phenoxy) is 1. The molecule has 1 aliphatic rings. The first kappa shape index (κ1) is 14.6. The van der Waals surface area contributed by atoms with Gasteiger partial charge in [-0.15, -0.1) is 0 Å². The summed E-state index contributed by atoms with van der Waals surface area (Å²) in [6.07, 6.45) is 2.17. The molecule has 2 aromatic rings. The molecule has 0 unspecified atom stereocenters. The van der Waals surface area contributed by atoms with Crippen LogP contribution in [-0.4, -0.2) is 11.9 Å². The van der Waals surface area contributed by atoms with Crippen LogP contribution in [0.25, 0.3) is 0 Å². The van der Waals surface area contributed by atoms with Gasteiger partial charge in [0, 0.05) is 11.6 Å². The summed E-state index contributed by atoms with van der Waals surface area (Å²) < 4.78 is 5.84. The van der Waals surface area contributed by atoms with Crippen molar-refractivity contribution in [1.29, 1.82) is 0 Å². The lowest BCUT2D eigenvalue weighted by Gasteiger charge is -2.10. The minimum atomic E-state index is -0.0249. The van der Waals surface area contributed by atoms with Gasteiger partial charge in [0.25, 0.3) is 5.91 Å². The number of benzene rings is 2. The van der Waals surface area contributed by atoms with Crippen molar-refractivity contribution in [2.75, 3.05) is 0 Å². The number of nitrogens with one attached hydrogen (secondary N) is 1. The third-order valence-electron chi connectivity index (χ3n) is 3.79. The molecule has 0 saturated heterocycles. The Kier molecular flexibility index (Phi) is 4.14. The first-order valence-corrected chi connectivity index (χ1v) is 7.80. The molecule has 1 saturated carbocycles. The Bertz CT molecular complexity index is 657. The maximum Gasteiger partial charge on any atom is 0.251 e. The summed E-state index contributed by atoms with van der Waals surface area (Å²) in [7, 11) is 0. The largest absolute Gasteiger partial charge is 0.457 e. The summed E-state index contributed by atoms with van der Waals surface area (Å²) in [4.78, 5) is 12.1. The van der Waals surface area contributed by atoms with Gasteiger partial charge in [0.15, 0.2) is 0 Å². The van der Waals surface area contributed by atoms with Crippen molar-refractivity contribution in [1.82, 2.24) is 5.32 Å². The van der Waals surface area contributed by atoms with Gasteiger partial charge in [-0.3, -0.25) is 4.79 Å². The van der Waals surface area contributed by atoms with Crippen molar-refractivity contribution < 1.29 is 9.53 Å². The SMILES string of the molecule is CC(C)c1ccc(Oc2cccc(C(=O)NC3CC3)c2)cc1. The molecule has 0 aromatic heterocycles. The molecule has 3 heteroatoms. The lowest BCUT2D eigenvalue weighted by atomic mass is 10.0. The summed E-state index contributed by atoms with van der Waals surface area (Å²) >= 11 is 0. The second kappa shape index (κ2) is 6.22. The van der Waals surface area contributed by atoms with Gasteiger partial charge in [0.05, 0.1) is 0 Å². The van der Waals surface area contributed by atoms with Crippen LogP contribution < -0.4 is 10.1 Å². The number of carbonyl (C=O) groups is 1. The molecule has 3 rings (SSSR count). The number of carbonyl (C=O) groups excluding carboxylic acids is 1. The third kappa shape index (κ3) is 3.67. The van der Waals surface area contributed by atoms with Crippen LogP contribution >= 0.6 is 0 Å². The molecule has 1 aliphatic carbocycles. The maximum absolute atomic E-state index is 12.1. The molecular formula is C19H21NO2. The zero-order valence-corrected chi connectivity index (χ0v) is 13.0. The molecule has 1 N–H and O–H groups in total. The highest BCUT2D eigenvalue weighted by molar-refractivity contribution is 5.94. The summed E-state index contributed by atoms with van der Waals surface area (Å²) in [6, 6.07) is 15.7. The van der Waals surface area contributed by atoms with Gasteiger partial charge in [0.2, 0.25) is 0 Å². The van der Waals surface area contributed by atoms with Crippen molar-refractivity contribution in [3.8, 4) is 11.5 Å². The molecule has 22 heavy (non-hydrogen) atoms. The fraction of sp³-hybridized carbons (Fsp3) is 0.316. The van der Waals surface area contributed by atoms with E-state index in [2.05, 4.69) is 31.3 Å². The van der Waals surface area contributed by atoms with Crippen LogP contribution in [0.3, 0.4) is 0 Å². The van der Waals surface area contributed by atoms with E-state index in [0.717, 1.165) is 18.6 Å². The molecule has 0 heterocycles. The van der Waals surface area contributed by atoms with E-state index in [1.807, 2.05) is 30.3 Å². The highest BCUT2D eigenvalue weighted by Gasteiger charge is 2.23. The van der Waals surface area contributed by atoms with Crippen LogP contribution in [-0.2, 0) is 0 Å². The van der Waals surface area contributed by atoms with E-state index in [0.29, 0.717) is 23.3 Å². The third-order valence-corrected chi connectivity index (χ3v) is 3.79. The van der Waals surface area contributed by atoms with Crippen LogP contribution in [0.1, 0.15) is 48.5 Å². The van der Waals surface area contributed by atoms with Gasteiger partial charge in [-0.2, -0.15) is 0 Å². The fourth-order valence-corrected chi connectivity index (χ4v) is 2.25. The Morgan fingerprint density at radius 2 is 1.82 bits per heavy atom. The lowest BCUT2D eigenvalue weighted by molar-refractivity contribution is 0.0951. The topological polar surface area (TPSA) is 38.3 Å². The summed E-state index contributed by atoms with van der Waals surface area (Å²) in [6.45, 7) is 4.33. The van der Waals surface area contributed by atoms with E-state index < -0.39 is 0 Å². The summed E-state index contributed by atoms with van der Waals surface area (Å²) in [5, 5.41) is 2.99. The Morgan fingerprint density at radius 3 is 2.45 bits per heavy atom. The highest BCUT2D eigenvalue weighted by Crippen LogP contribution is 2.25. The van der Waals surface area contributed by atoms with Crippen LogP contribution in [0.4, 0.5) is 0 Å². The van der Waals surface area contributed by atoms with Crippen LogP contribution in [0.15, 0.2) is 48.5 Å². The van der Waals surface area contributed by atoms with Gasteiger partial charge in [-0.1, -0.05) is 32.0 Å². The first-order chi connectivity index (χ1) is 10.6. The lowest BCUT2D eigenvalue weighted by Crippen LogP contribution is -2.25. The van der Waals surface area contributed by atoms with Gasteiger partial charge in [0.1, 0.15) is 11.5 Å². The predicted molar refractivity (Wildman–Crippen MR) is 87.5 cm³/mol. The number of rotatable bonds is 5. The molecule has 3 nitrogen and oxygen atoms in total. The zero-order chi connectivity index (χ0) is 15.5. The summed E-state index contributed by atoms with van der Waals surface area (Å²) in [5.74, 6) is 1.94. The maximum atomic E-state index is 12.1. The van der Waals surface area contributed by atoms with E-state index >= 15 is 0 Å². The van der Waals surface area contributed by atoms with E-state index in [9.17, 15) is 4.79 Å². The Balaban J connectivity index is 1.70. The van der Waals surface area contributed by atoms with E-state index in [4.69, 9.17) is 4.74 Å². The normalized spacial score (nSPS) is 14.0. The van der Waals surface area contributed by atoms with Gasteiger partial charge < -0.3 is 10.1 Å². The standard InChI is InChI=1S/C19H21NO2/c1-13(2)14-6-10-17(11-7-14)22-18-5-3-4-15(12-18)19(21)20-16-8-9-16/h3-7,10-13,16H,8-9H2,1-2H3,(H,20,21). The summed E-state index contributed by atoms with van der Waals surface area (Å²) in [5.41, 5.74) is 1.92. The van der Waals surface area contributed by atoms with Crippen molar-refractivity contribution in [2.24, 2.45) is 0 Å². The Morgan fingerprint density at radius 1 is 1.09 bits per heavy atom. The van der Waals surface area contributed by atoms with Crippen molar-refractivity contribution in [3.05, 3.63) is 59.7 Å². The minimum Gasteiger partial charge on any atom is -0.457 e. The van der Waals surface area contributed by atoms with Crippen LogP contribution in [0.2, 0.25) is 0 Å². The molecule has 0 atom stereocenters. The van der Waals surface area contributed by atoms with Crippen molar-refractivity contribution in [3.63, 3.8) is 0 Å². The van der Waals surface area contributed by atoms with Gasteiger partial charge in [-0.05, 0) is 54.7 Å². The first-order valence-electron chi connectivity index (χ1n) is 7.80. The van der Waals surface area contributed by atoms with Gasteiger partial charge >= 0.3 is 0 Å². The van der Waals surface area contributed by atoms with Gasteiger partial charge in [-0.25, -0.2) is 0 Å². The zero-order valence-electron chi connectivity index (χ0n) is 13.0. The molecule has 0 bridgehead atoms. The minimum absolute atomic E-state index is 0.0249. The van der Waals surface area contributed by atoms with Crippen LogP contribution in [0.5, 0.6) is 11.5 Å². The highest BCUT2D eigenvalue weighted by atomic mass is 16.5. The molecule has 0 radical (unpaired) electrons. The molecule has 114 valence electrons. The predicted octanol–water partition coefficient (Wildman–Crippen LogP) is 4.49. The number of amides is 1. The van der Waals surface area contributed by atoms with Crippen molar-refractivity contribution >= 4 is 5.91 Å². The average molecular weight is 295 g/mol. The molecule has 0 spiro atoms. The molecular weight excluding hydrogens is 274 g/mol. The Labute approximate surface area is 131 Å². The molecule has 1 amide bonds. The second-order valence-corrected chi connectivity index (χ2v) is 6.10. The molecule has 1 fully saturated rings. The average Bonchev–Trinajstić information content (AvgIpc) is 3.32.